The normalized spacial score (nSPS) is 10.4. The van der Waals surface area contributed by atoms with Gasteiger partial charge in [-0.2, -0.15) is 0 Å². The Balaban J connectivity index is 2.02. The third-order valence-electron chi connectivity index (χ3n) is 2.20. The molecule has 84 valence electrons. The van der Waals surface area contributed by atoms with Crippen molar-refractivity contribution in [2.45, 2.75) is 20.5 Å². The molecule has 0 fully saturated rings. The van der Waals surface area contributed by atoms with Gasteiger partial charge in [0.1, 0.15) is 18.2 Å². The summed E-state index contributed by atoms with van der Waals surface area (Å²) in [6, 6.07) is 4.86. The van der Waals surface area contributed by atoms with Gasteiger partial charge in [0.2, 0.25) is 0 Å². The lowest BCUT2D eigenvalue weighted by molar-refractivity contribution is 0.300. The monoisotopic (exact) mass is 237 g/mol. The molecule has 0 spiro atoms. The molecule has 0 unspecified atom stereocenters. The summed E-state index contributed by atoms with van der Waals surface area (Å²) < 4.78 is 18.7. The predicted molar refractivity (Wildman–Crippen MR) is 62.3 cm³/mol. The van der Waals surface area contributed by atoms with Crippen molar-refractivity contribution in [2.24, 2.45) is 0 Å². The minimum Gasteiger partial charge on any atom is -0.487 e. The van der Waals surface area contributed by atoms with Crippen molar-refractivity contribution in [2.75, 3.05) is 0 Å². The zero-order chi connectivity index (χ0) is 11.5. The Kier molecular flexibility index (Phi) is 3.19. The number of nitrogens with zero attached hydrogens (tertiary/aromatic N) is 1. The smallest absolute Gasteiger partial charge is 0.131 e. The highest BCUT2D eigenvalue weighted by molar-refractivity contribution is 7.09. The number of thiazole rings is 1. The zero-order valence-electron chi connectivity index (χ0n) is 9.16. The van der Waals surface area contributed by atoms with Crippen LogP contribution < -0.4 is 4.74 Å². The Bertz CT molecular complexity index is 496. The molecule has 0 saturated heterocycles. The van der Waals surface area contributed by atoms with Crippen LogP contribution in [-0.4, -0.2) is 4.98 Å². The van der Waals surface area contributed by atoms with Gasteiger partial charge in [-0.05, 0) is 25.5 Å². The highest BCUT2D eigenvalue weighted by Gasteiger charge is 2.02. The molecule has 0 bridgehead atoms. The zero-order valence-corrected chi connectivity index (χ0v) is 9.97. The topological polar surface area (TPSA) is 22.1 Å². The van der Waals surface area contributed by atoms with Crippen LogP contribution in [0.15, 0.2) is 23.6 Å². The lowest BCUT2D eigenvalue weighted by Crippen LogP contribution is -1.96. The van der Waals surface area contributed by atoms with E-state index in [9.17, 15) is 4.39 Å². The first-order valence-electron chi connectivity index (χ1n) is 4.95. The number of rotatable bonds is 3. The van der Waals surface area contributed by atoms with Gasteiger partial charge < -0.3 is 4.74 Å². The Morgan fingerprint density at radius 3 is 2.81 bits per heavy atom. The number of aryl methyl sites for hydroxylation is 2. The number of hydrogen-bond donors (Lipinski definition) is 0. The molecular weight excluding hydrogens is 225 g/mol. The van der Waals surface area contributed by atoms with Gasteiger partial charge >= 0.3 is 0 Å². The molecule has 16 heavy (non-hydrogen) atoms. The van der Waals surface area contributed by atoms with Crippen LogP contribution in [0, 0.1) is 19.7 Å². The van der Waals surface area contributed by atoms with Crippen molar-refractivity contribution in [3.63, 3.8) is 0 Å². The summed E-state index contributed by atoms with van der Waals surface area (Å²) in [5.74, 6) is 0.292. The molecule has 0 aliphatic rings. The van der Waals surface area contributed by atoms with Crippen molar-refractivity contribution >= 4 is 11.3 Å². The van der Waals surface area contributed by atoms with E-state index >= 15 is 0 Å². The molecule has 0 aliphatic heterocycles. The fourth-order valence-electron chi connectivity index (χ4n) is 1.30. The van der Waals surface area contributed by atoms with E-state index in [4.69, 9.17) is 4.74 Å². The number of ether oxygens (including phenoxy) is 1. The maximum atomic E-state index is 13.2. The van der Waals surface area contributed by atoms with Gasteiger partial charge in [-0.1, -0.05) is 6.07 Å². The summed E-state index contributed by atoms with van der Waals surface area (Å²) in [7, 11) is 0. The molecule has 1 heterocycles. The molecule has 2 rings (SSSR count). The summed E-state index contributed by atoms with van der Waals surface area (Å²) in [5.41, 5.74) is 1.50. The molecular formula is C12H12FNOS. The number of benzene rings is 1. The van der Waals surface area contributed by atoms with Gasteiger partial charge in [-0.25, -0.2) is 9.37 Å². The van der Waals surface area contributed by atoms with Crippen molar-refractivity contribution in [1.82, 2.24) is 4.98 Å². The van der Waals surface area contributed by atoms with E-state index in [-0.39, 0.29) is 5.82 Å². The van der Waals surface area contributed by atoms with E-state index < -0.39 is 0 Å². The Morgan fingerprint density at radius 2 is 2.19 bits per heavy atom. The maximum absolute atomic E-state index is 13.2. The fraction of sp³-hybridized carbons (Fsp3) is 0.250. The van der Waals surface area contributed by atoms with Crippen LogP contribution in [-0.2, 0) is 6.61 Å². The van der Waals surface area contributed by atoms with Gasteiger partial charge in [0.05, 0.1) is 10.7 Å². The third kappa shape index (κ3) is 2.58. The Morgan fingerprint density at radius 1 is 1.38 bits per heavy atom. The van der Waals surface area contributed by atoms with Gasteiger partial charge in [0.25, 0.3) is 0 Å². The van der Waals surface area contributed by atoms with Gasteiger partial charge in [-0.15, -0.1) is 11.3 Å². The average molecular weight is 237 g/mol. The number of aromatic nitrogens is 1. The predicted octanol–water partition coefficient (Wildman–Crippen LogP) is 3.48. The maximum Gasteiger partial charge on any atom is 0.131 e. The van der Waals surface area contributed by atoms with Crippen molar-refractivity contribution < 1.29 is 9.13 Å². The van der Waals surface area contributed by atoms with E-state index in [1.54, 1.807) is 30.4 Å². The fourth-order valence-corrected chi connectivity index (χ4v) is 1.89. The van der Waals surface area contributed by atoms with Crippen molar-refractivity contribution in [3.8, 4) is 5.75 Å². The quantitative estimate of drug-likeness (QED) is 0.815. The van der Waals surface area contributed by atoms with Crippen LogP contribution in [0.2, 0.25) is 0 Å². The van der Waals surface area contributed by atoms with Crippen LogP contribution in [0.3, 0.4) is 0 Å². The van der Waals surface area contributed by atoms with Crippen molar-refractivity contribution in [1.29, 1.82) is 0 Å². The summed E-state index contributed by atoms with van der Waals surface area (Å²) in [4.78, 5) is 4.27. The SMILES string of the molecule is Cc1nc(COc2ccc(C)c(F)c2)cs1. The van der Waals surface area contributed by atoms with Gasteiger partial charge in [-0.3, -0.25) is 0 Å². The summed E-state index contributed by atoms with van der Waals surface area (Å²) in [5, 5.41) is 2.95. The average Bonchev–Trinajstić information content (AvgIpc) is 2.66. The lowest BCUT2D eigenvalue weighted by Gasteiger charge is -2.05. The van der Waals surface area contributed by atoms with E-state index in [2.05, 4.69) is 4.98 Å². The second-order valence-electron chi connectivity index (χ2n) is 3.56. The standard InChI is InChI=1S/C12H12FNOS/c1-8-3-4-11(5-12(8)13)15-6-10-7-16-9(2)14-10/h3-5,7H,6H2,1-2H3. The van der Waals surface area contributed by atoms with Crippen LogP contribution in [0.1, 0.15) is 16.3 Å². The molecule has 1 aromatic carbocycles. The number of hydrogen-bond acceptors (Lipinski definition) is 3. The van der Waals surface area contributed by atoms with E-state index in [1.165, 1.54) is 6.07 Å². The van der Waals surface area contributed by atoms with Crippen LogP contribution in [0.25, 0.3) is 0 Å². The molecule has 0 atom stereocenters. The molecule has 0 saturated carbocycles. The molecule has 2 aromatic rings. The van der Waals surface area contributed by atoms with Gasteiger partial charge in [0, 0.05) is 11.4 Å². The molecule has 4 heteroatoms. The molecule has 1 aromatic heterocycles. The minimum atomic E-state index is -0.244. The summed E-state index contributed by atoms with van der Waals surface area (Å²) in [6.07, 6.45) is 0. The van der Waals surface area contributed by atoms with E-state index in [0.29, 0.717) is 17.9 Å². The van der Waals surface area contributed by atoms with E-state index in [0.717, 1.165) is 10.7 Å². The molecule has 0 radical (unpaired) electrons. The molecule has 0 amide bonds. The van der Waals surface area contributed by atoms with Crippen LogP contribution in [0.4, 0.5) is 4.39 Å². The van der Waals surface area contributed by atoms with E-state index in [1.807, 2.05) is 12.3 Å². The number of halogens is 1. The Labute approximate surface area is 97.7 Å². The first kappa shape index (κ1) is 11.1. The van der Waals surface area contributed by atoms with Crippen LogP contribution in [0.5, 0.6) is 5.75 Å². The third-order valence-corrected chi connectivity index (χ3v) is 3.02. The van der Waals surface area contributed by atoms with Crippen LogP contribution >= 0.6 is 11.3 Å². The minimum absolute atomic E-state index is 0.244. The largest absolute Gasteiger partial charge is 0.487 e. The second-order valence-corrected chi connectivity index (χ2v) is 4.62. The highest BCUT2D eigenvalue weighted by atomic mass is 32.1. The van der Waals surface area contributed by atoms with Crippen molar-refractivity contribution in [3.05, 3.63) is 45.7 Å². The lowest BCUT2D eigenvalue weighted by atomic mass is 10.2. The molecule has 2 nitrogen and oxygen atoms in total. The summed E-state index contributed by atoms with van der Waals surface area (Å²) in [6.45, 7) is 4.05. The first-order chi connectivity index (χ1) is 7.65. The molecule has 0 aliphatic carbocycles. The molecule has 0 N–H and O–H groups in total. The first-order valence-corrected chi connectivity index (χ1v) is 5.83. The Hall–Kier alpha value is -1.42. The second kappa shape index (κ2) is 4.61. The van der Waals surface area contributed by atoms with Gasteiger partial charge in [0.15, 0.2) is 0 Å². The summed E-state index contributed by atoms with van der Waals surface area (Å²) >= 11 is 1.58. The highest BCUT2D eigenvalue weighted by Crippen LogP contribution is 2.17.